The summed E-state index contributed by atoms with van der Waals surface area (Å²) in [6, 6.07) is 18.1. The van der Waals surface area contributed by atoms with E-state index < -0.39 is 0 Å². The molecule has 0 unspecified atom stereocenters. The van der Waals surface area contributed by atoms with Gasteiger partial charge in [0.2, 0.25) is 5.95 Å². The van der Waals surface area contributed by atoms with E-state index in [1.165, 1.54) is 11.1 Å². The Hall–Kier alpha value is -3.41. The van der Waals surface area contributed by atoms with E-state index in [9.17, 15) is 4.79 Å². The molecule has 0 radical (unpaired) electrons. The third kappa shape index (κ3) is 5.02. The van der Waals surface area contributed by atoms with Crippen LogP contribution in [0.5, 0.6) is 0 Å². The van der Waals surface area contributed by atoms with Gasteiger partial charge in [-0.1, -0.05) is 36.8 Å². The van der Waals surface area contributed by atoms with Gasteiger partial charge in [0.05, 0.1) is 0 Å². The third-order valence-corrected chi connectivity index (χ3v) is 5.65. The van der Waals surface area contributed by atoms with E-state index in [1.807, 2.05) is 54.3 Å². The second-order valence-electron chi connectivity index (χ2n) is 8.01. The molecule has 31 heavy (non-hydrogen) atoms. The molecule has 0 aliphatic carbocycles. The number of piperazine rings is 1. The summed E-state index contributed by atoms with van der Waals surface area (Å²) < 4.78 is 0. The molecule has 1 fully saturated rings. The highest BCUT2D eigenvalue weighted by molar-refractivity contribution is 5.94. The molecule has 3 aromatic rings. The molecule has 2 aromatic carbocycles. The van der Waals surface area contributed by atoms with Gasteiger partial charge in [0.25, 0.3) is 5.91 Å². The fourth-order valence-electron chi connectivity index (χ4n) is 3.74. The van der Waals surface area contributed by atoms with Crippen molar-refractivity contribution in [1.82, 2.24) is 14.9 Å². The Morgan fingerprint density at radius 1 is 0.935 bits per heavy atom. The Labute approximate surface area is 183 Å². The normalized spacial score (nSPS) is 13.9. The van der Waals surface area contributed by atoms with Gasteiger partial charge < -0.3 is 15.1 Å². The summed E-state index contributed by atoms with van der Waals surface area (Å²) in [6.45, 7) is 9.02. The van der Waals surface area contributed by atoms with Crippen LogP contribution in [-0.2, 0) is 6.42 Å². The van der Waals surface area contributed by atoms with Crippen LogP contribution in [0.1, 0.15) is 34.1 Å². The zero-order chi connectivity index (χ0) is 21.8. The molecule has 1 aliphatic heterocycles. The van der Waals surface area contributed by atoms with Crippen molar-refractivity contribution in [2.24, 2.45) is 0 Å². The number of benzene rings is 2. The van der Waals surface area contributed by atoms with Crippen molar-refractivity contribution in [3.05, 3.63) is 77.0 Å². The zero-order valence-electron chi connectivity index (χ0n) is 18.4. The zero-order valence-corrected chi connectivity index (χ0v) is 18.4. The lowest BCUT2D eigenvalue weighted by Crippen LogP contribution is -2.49. The number of aromatic nitrogens is 2. The van der Waals surface area contributed by atoms with Crippen molar-refractivity contribution in [3.63, 3.8) is 0 Å². The molecule has 6 heteroatoms. The van der Waals surface area contributed by atoms with E-state index >= 15 is 0 Å². The average Bonchev–Trinajstić information content (AvgIpc) is 2.80. The predicted molar refractivity (Wildman–Crippen MR) is 125 cm³/mol. The van der Waals surface area contributed by atoms with Crippen LogP contribution in [0.3, 0.4) is 0 Å². The molecule has 4 rings (SSSR count). The van der Waals surface area contributed by atoms with Crippen LogP contribution >= 0.6 is 0 Å². The minimum atomic E-state index is 0.0999. The van der Waals surface area contributed by atoms with E-state index in [-0.39, 0.29) is 5.91 Å². The standard InChI is InChI=1S/C25H29N5O/c1-4-20-7-9-21(10-8-20)24(31)30-15-13-29(14-16-30)23-17-19(3)26-25(28-23)27-22-11-5-18(2)6-12-22/h5-12,17H,4,13-16H2,1-3H3,(H,26,27,28). The highest BCUT2D eigenvalue weighted by Crippen LogP contribution is 2.20. The summed E-state index contributed by atoms with van der Waals surface area (Å²) in [7, 11) is 0. The lowest BCUT2D eigenvalue weighted by molar-refractivity contribution is 0.0746. The first kappa shape index (κ1) is 20.8. The van der Waals surface area contributed by atoms with Crippen molar-refractivity contribution in [2.45, 2.75) is 27.2 Å². The van der Waals surface area contributed by atoms with Crippen LogP contribution < -0.4 is 10.2 Å². The quantitative estimate of drug-likeness (QED) is 0.671. The number of anilines is 3. The SMILES string of the molecule is CCc1ccc(C(=O)N2CCN(c3cc(C)nc(Nc4ccc(C)cc4)n3)CC2)cc1. The van der Waals surface area contributed by atoms with Gasteiger partial charge in [-0.2, -0.15) is 4.98 Å². The molecule has 1 amide bonds. The summed E-state index contributed by atoms with van der Waals surface area (Å²) >= 11 is 0. The first-order chi connectivity index (χ1) is 15.0. The van der Waals surface area contributed by atoms with Gasteiger partial charge >= 0.3 is 0 Å². The van der Waals surface area contributed by atoms with E-state index in [2.05, 4.69) is 41.2 Å². The Balaban J connectivity index is 1.41. The van der Waals surface area contributed by atoms with Crippen LogP contribution in [0.2, 0.25) is 0 Å². The molecule has 0 saturated carbocycles. The highest BCUT2D eigenvalue weighted by atomic mass is 16.2. The first-order valence-corrected chi connectivity index (χ1v) is 10.8. The number of nitrogens with zero attached hydrogens (tertiary/aromatic N) is 4. The van der Waals surface area contributed by atoms with Gasteiger partial charge in [0, 0.05) is 49.2 Å². The van der Waals surface area contributed by atoms with Crippen LogP contribution in [0.4, 0.5) is 17.5 Å². The molecule has 0 bridgehead atoms. The van der Waals surface area contributed by atoms with Crippen LogP contribution in [-0.4, -0.2) is 47.0 Å². The van der Waals surface area contributed by atoms with E-state index in [0.717, 1.165) is 42.3 Å². The van der Waals surface area contributed by atoms with Gasteiger partial charge in [0.15, 0.2) is 0 Å². The summed E-state index contributed by atoms with van der Waals surface area (Å²) in [5, 5.41) is 3.30. The number of nitrogens with one attached hydrogen (secondary N) is 1. The van der Waals surface area contributed by atoms with Crippen molar-refractivity contribution in [2.75, 3.05) is 36.4 Å². The van der Waals surface area contributed by atoms with E-state index in [4.69, 9.17) is 4.98 Å². The summed E-state index contributed by atoms with van der Waals surface area (Å²) in [4.78, 5) is 26.3. The lowest BCUT2D eigenvalue weighted by Gasteiger charge is -2.35. The number of amides is 1. The predicted octanol–water partition coefficient (Wildman–Crippen LogP) is 4.36. The van der Waals surface area contributed by atoms with Crippen LogP contribution in [0.15, 0.2) is 54.6 Å². The topological polar surface area (TPSA) is 61.4 Å². The van der Waals surface area contributed by atoms with E-state index in [1.54, 1.807) is 0 Å². The number of aryl methyl sites for hydroxylation is 3. The molecular formula is C25H29N5O. The molecule has 0 spiro atoms. The first-order valence-electron chi connectivity index (χ1n) is 10.8. The van der Waals surface area contributed by atoms with Crippen LogP contribution in [0, 0.1) is 13.8 Å². The maximum Gasteiger partial charge on any atom is 0.253 e. The average molecular weight is 416 g/mol. The van der Waals surface area contributed by atoms with Gasteiger partial charge in [0.1, 0.15) is 5.82 Å². The molecular weight excluding hydrogens is 386 g/mol. The smallest absolute Gasteiger partial charge is 0.253 e. The molecule has 0 atom stereocenters. The summed E-state index contributed by atoms with van der Waals surface area (Å²) in [5.74, 6) is 1.58. The Morgan fingerprint density at radius 2 is 1.61 bits per heavy atom. The Bertz CT molecular complexity index is 1040. The molecule has 2 heterocycles. The Morgan fingerprint density at radius 3 is 2.26 bits per heavy atom. The maximum atomic E-state index is 12.8. The number of rotatable bonds is 5. The lowest BCUT2D eigenvalue weighted by atomic mass is 10.1. The van der Waals surface area contributed by atoms with E-state index in [0.29, 0.717) is 19.0 Å². The molecule has 1 aliphatic rings. The van der Waals surface area contributed by atoms with Crippen molar-refractivity contribution in [1.29, 1.82) is 0 Å². The third-order valence-electron chi connectivity index (χ3n) is 5.65. The van der Waals surface area contributed by atoms with Crippen molar-refractivity contribution < 1.29 is 4.79 Å². The minimum Gasteiger partial charge on any atom is -0.353 e. The van der Waals surface area contributed by atoms with Gasteiger partial charge in [-0.3, -0.25) is 4.79 Å². The van der Waals surface area contributed by atoms with Gasteiger partial charge in [-0.05, 0) is 50.1 Å². The van der Waals surface area contributed by atoms with Crippen molar-refractivity contribution in [3.8, 4) is 0 Å². The number of hydrogen-bond donors (Lipinski definition) is 1. The molecule has 160 valence electrons. The molecule has 1 N–H and O–H groups in total. The van der Waals surface area contributed by atoms with Gasteiger partial charge in [-0.25, -0.2) is 4.98 Å². The summed E-state index contributed by atoms with van der Waals surface area (Å²) in [5.41, 5.74) is 5.09. The maximum absolute atomic E-state index is 12.8. The van der Waals surface area contributed by atoms with Gasteiger partial charge in [-0.15, -0.1) is 0 Å². The number of hydrogen-bond acceptors (Lipinski definition) is 5. The second-order valence-corrected chi connectivity index (χ2v) is 8.01. The highest BCUT2D eigenvalue weighted by Gasteiger charge is 2.23. The molecule has 6 nitrogen and oxygen atoms in total. The minimum absolute atomic E-state index is 0.0999. The van der Waals surface area contributed by atoms with Crippen molar-refractivity contribution >= 4 is 23.4 Å². The largest absolute Gasteiger partial charge is 0.353 e. The Kier molecular flexibility index (Phi) is 6.16. The number of carbonyl (C=O) groups is 1. The number of carbonyl (C=O) groups excluding carboxylic acids is 1. The summed E-state index contributed by atoms with van der Waals surface area (Å²) in [6.07, 6.45) is 0.978. The monoisotopic (exact) mass is 415 g/mol. The van der Waals surface area contributed by atoms with Crippen LogP contribution in [0.25, 0.3) is 0 Å². The fourth-order valence-corrected chi connectivity index (χ4v) is 3.74. The fraction of sp³-hybridized carbons (Fsp3) is 0.320. The molecule has 1 aromatic heterocycles. The molecule has 1 saturated heterocycles. The second kappa shape index (κ2) is 9.16.